The van der Waals surface area contributed by atoms with Gasteiger partial charge < -0.3 is 24.3 Å². The van der Waals surface area contributed by atoms with Crippen LogP contribution in [0.15, 0.2) is 61.1 Å². The number of amides is 2. The number of benzene rings is 1. The second-order valence-electron chi connectivity index (χ2n) is 6.47. The van der Waals surface area contributed by atoms with Crippen molar-refractivity contribution in [3.8, 4) is 11.5 Å². The summed E-state index contributed by atoms with van der Waals surface area (Å²) in [6, 6.07) is 13.0. The molecule has 0 bridgehead atoms. The molecule has 1 aliphatic rings. The standard InChI is InChI=1S/C21H22N4O3/c1-27-18-7-3-5-16(20(18)28-2)23-21(26)25-14-13-24-12-4-6-17(24)19(25)15-8-10-22-11-9-15/h3-12,19H,13-14H2,1-2H3,(H,23,26)/t19-/m0/s1. The third kappa shape index (κ3) is 3.15. The molecule has 0 saturated heterocycles. The van der Waals surface area contributed by atoms with Gasteiger partial charge in [0.05, 0.1) is 25.9 Å². The Hall–Kier alpha value is -3.48. The topological polar surface area (TPSA) is 68.6 Å². The van der Waals surface area contributed by atoms with E-state index in [-0.39, 0.29) is 12.1 Å². The van der Waals surface area contributed by atoms with Crippen LogP contribution in [-0.2, 0) is 6.54 Å². The van der Waals surface area contributed by atoms with Crippen LogP contribution in [0.4, 0.5) is 10.5 Å². The summed E-state index contributed by atoms with van der Waals surface area (Å²) in [7, 11) is 3.13. The number of fused-ring (bicyclic) bond motifs is 1. The van der Waals surface area contributed by atoms with Gasteiger partial charge in [0.15, 0.2) is 11.5 Å². The fourth-order valence-corrected chi connectivity index (χ4v) is 3.67. The number of ether oxygens (including phenoxy) is 2. The maximum absolute atomic E-state index is 13.2. The predicted molar refractivity (Wildman–Crippen MR) is 106 cm³/mol. The molecule has 2 amide bonds. The van der Waals surface area contributed by atoms with Crippen LogP contribution >= 0.6 is 0 Å². The van der Waals surface area contributed by atoms with Crippen molar-refractivity contribution in [1.82, 2.24) is 14.5 Å². The third-order valence-electron chi connectivity index (χ3n) is 4.97. The highest BCUT2D eigenvalue weighted by molar-refractivity contribution is 5.92. The molecule has 1 aliphatic heterocycles. The first-order valence-corrected chi connectivity index (χ1v) is 9.06. The van der Waals surface area contributed by atoms with Crippen molar-refractivity contribution in [2.75, 3.05) is 26.1 Å². The van der Waals surface area contributed by atoms with Crippen molar-refractivity contribution in [1.29, 1.82) is 0 Å². The first-order valence-electron chi connectivity index (χ1n) is 9.06. The number of hydrogen-bond donors (Lipinski definition) is 1. The Kier molecular flexibility index (Phi) is 4.89. The summed E-state index contributed by atoms with van der Waals surface area (Å²) in [6.07, 6.45) is 5.54. The summed E-state index contributed by atoms with van der Waals surface area (Å²) in [5, 5.41) is 2.99. The Balaban J connectivity index is 1.67. The molecule has 7 nitrogen and oxygen atoms in total. The quantitative estimate of drug-likeness (QED) is 0.754. The van der Waals surface area contributed by atoms with Gasteiger partial charge in [0.2, 0.25) is 0 Å². The van der Waals surface area contributed by atoms with Crippen molar-refractivity contribution in [2.45, 2.75) is 12.6 Å². The van der Waals surface area contributed by atoms with Gasteiger partial charge in [-0.1, -0.05) is 6.07 Å². The van der Waals surface area contributed by atoms with Gasteiger partial charge in [0.1, 0.15) is 0 Å². The Bertz CT molecular complexity index is 971. The smallest absolute Gasteiger partial charge is 0.322 e. The lowest BCUT2D eigenvalue weighted by Gasteiger charge is -2.37. The van der Waals surface area contributed by atoms with Gasteiger partial charge in [-0.25, -0.2) is 4.79 Å². The van der Waals surface area contributed by atoms with Gasteiger partial charge in [0.25, 0.3) is 0 Å². The number of para-hydroxylation sites is 1. The molecule has 0 saturated carbocycles. The number of anilines is 1. The lowest BCUT2D eigenvalue weighted by atomic mass is 10.0. The van der Waals surface area contributed by atoms with Gasteiger partial charge in [0, 0.05) is 37.4 Å². The number of nitrogens with zero attached hydrogens (tertiary/aromatic N) is 3. The maximum Gasteiger partial charge on any atom is 0.322 e. The number of aromatic nitrogens is 2. The Labute approximate surface area is 163 Å². The second-order valence-corrected chi connectivity index (χ2v) is 6.47. The molecule has 28 heavy (non-hydrogen) atoms. The first-order chi connectivity index (χ1) is 13.7. The summed E-state index contributed by atoms with van der Waals surface area (Å²) in [6.45, 7) is 1.33. The van der Waals surface area contributed by atoms with Crippen molar-refractivity contribution in [3.63, 3.8) is 0 Å². The number of nitrogens with one attached hydrogen (secondary N) is 1. The molecule has 1 aromatic carbocycles. The molecule has 0 aliphatic carbocycles. The largest absolute Gasteiger partial charge is 0.493 e. The minimum Gasteiger partial charge on any atom is -0.493 e. The zero-order valence-electron chi connectivity index (χ0n) is 15.8. The minimum absolute atomic E-state index is 0.191. The fourth-order valence-electron chi connectivity index (χ4n) is 3.67. The van der Waals surface area contributed by atoms with Crippen molar-refractivity contribution >= 4 is 11.7 Å². The SMILES string of the molecule is COc1cccc(NC(=O)N2CCn3cccc3[C@@H]2c2ccncc2)c1OC. The summed E-state index contributed by atoms with van der Waals surface area (Å²) >= 11 is 0. The first kappa shape index (κ1) is 17.9. The number of methoxy groups -OCH3 is 2. The summed E-state index contributed by atoms with van der Waals surface area (Å²) < 4.78 is 13.0. The van der Waals surface area contributed by atoms with E-state index in [9.17, 15) is 4.79 Å². The Morgan fingerprint density at radius 1 is 1.07 bits per heavy atom. The Morgan fingerprint density at radius 3 is 2.64 bits per heavy atom. The molecular formula is C21H22N4O3. The Morgan fingerprint density at radius 2 is 1.89 bits per heavy atom. The van der Waals surface area contributed by atoms with Gasteiger partial charge in [-0.15, -0.1) is 0 Å². The molecule has 2 aromatic heterocycles. The summed E-state index contributed by atoms with van der Waals surface area (Å²) in [5.41, 5.74) is 2.66. The fraction of sp³-hybridized carbons (Fsp3) is 0.238. The average molecular weight is 378 g/mol. The van der Waals surface area contributed by atoms with Gasteiger partial charge in [-0.3, -0.25) is 4.98 Å². The highest BCUT2D eigenvalue weighted by atomic mass is 16.5. The van der Waals surface area contributed by atoms with Crippen molar-refractivity contribution in [2.24, 2.45) is 0 Å². The molecule has 4 rings (SSSR count). The number of pyridine rings is 1. The molecule has 1 atom stereocenters. The molecule has 0 unspecified atom stereocenters. The van der Waals surface area contributed by atoms with Crippen LogP contribution in [-0.4, -0.2) is 41.2 Å². The second kappa shape index (κ2) is 7.64. The average Bonchev–Trinajstić information content (AvgIpc) is 3.22. The molecule has 0 fully saturated rings. The number of carbonyl (C=O) groups excluding carboxylic acids is 1. The van der Waals surface area contributed by atoms with Crippen molar-refractivity contribution in [3.05, 3.63) is 72.3 Å². The molecule has 3 aromatic rings. The van der Waals surface area contributed by atoms with E-state index in [4.69, 9.17) is 9.47 Å². The van der Waals surface area contributed by atoms with E-state index in [1.807, 2.05) is 35.4 Å². The zero-order chi connectivity index (χ0) is 19.5. The van der Waals surface area contributed by atoms with E-state index in [0.717, 1.165) is 17.8 Å². The van der Waals surface area contributed by atoms with Crippen LogP contribution in [0.5, 0.6) is 11.5 Å². The van der Waals surface area contributed by atoms with E-state index >= 15 is 0 Å². The highest BCUT2D eigenvalue weighted by Gasteiger charge is 2.32. The lowest BCUT2D eigenvalue weighted by Crippen LogP contribution is -2.44. The molecule has 0 radical (unpaired) electrons. The van der Waals surface area contributed by atoms with Crippen LogP contribution < -0.4 is 14.8 Å². The molecule has 3 heterocycles. The predicted octanol–water partition coefficient (Wildman–Crippen LogP) is 3.54. The van der Waals surface area contributed by atoms with Crippen molar-refractivity contribution < 1.29 is 14.3 Å². The summed E-state index contributed by atoms with van der Waals surface area (Å²) in [5.74, 6) is 1.07. The monoisotopic (exact) mass is 378 g/mol. The number of carbonyl (C=O) groups is 1. The normalized spacial score (nSPS) is 15.6. The molecule has 0 spiro atoms. The van der Waals surface area contributed by atoms with E-state index in [2.05, 4.69) is 20.9 Å². The van der Waals surface area contributed by atoms with E-state index in [0.29, 0.717) is 23.7 Å². The third-order valence-corrected chi connectivity index (χ3v) is 4.97. The molecular weight excluding hydrogens is 356 g/mol. The molecule has 1 N–H and O–H groups in total. The minimum atomic E-state index is -0.194. The highest BCUT2D eigenvalue weighted by Crippen LogP contribution is 2.36. The maximum atomic E-state index is 13.2. The molecule has 144 valence electrons. The van der Waals surface area contributed by atoms with E-state index in [1.165, 1.54) is 0 Å². The number of urea groups is 1. The van der Waals surface area contributed by atoms with Crippen LogP contribution in [0.3, 0.4) is 0 Å². The number of rotatable bonds is 4. The van der Waals surface area contributed by atoms with Gasteiger partial charge >= 0.3 is 6.03 Å². The lowest BCUT2D eigenvalue weighted by molar-refractivity contribution is 0.181. The number of hydrogen-bond acceptors (Lipinski definition) is 4. The van der Waals surface area contributed by atoms with Crippen LogP contribution in [0.2, 0.25) is 0 Å². The van der Waals surface area contributed by atoms with E-state index < -0.39 is 0 Å². The summed E-state index contributed by atoms with van der Waals surface area (Å²) in [4.78, 5) is 19.2. The van der Waals surface area contributed by atoms with Crippen LogP contribution in [0.25, 0.3) is 0 Å². The van der Waals surface area contributed by atoms with Gasteiger partial charge in [-0.2, -0.15) is 0 Å². The van der Waals surface area contributed by atoms with Crippen LogP contribution in [0.1, 0.15) is 17.3 Å². The van der Waals surface area contributed by atoms with Gasteiger partial charge in [-0.05, 0) is 42.0 Å². The van der Waals surface area contributed by atoms with E-state index in [1.54, 1.807) is 38.7 Å². The zero-order valence-corrected chi connectivity index (χ0v) is 15.8. The van der Waals surface area contributed by atoms with Crippen LogP contribution in [0, 0.1) is 0 Å². The molecule has 7 heteroatoms.